The number of fused-ring (bicyclic) bond motifs is 1. The van der Waals surface area contributed by atoms with E-state index >= 15 is 0 Å². The molecule has 2 aromatic rings. The van der Waals surface area contributed by atoms with Gasteiger partial charge in [-0.25, -0.2) is 8.78 Å². The molecule has 3 rings (SSSR count). The second-order valence-electron chi connectivity index (χ2n) is 4.98. The van der Waals surface area contributed by atoms with Gasteiger partial charge in [0.05, 0.1) is 5.56 Å². The number of amides is 1. The predicted molar refractivity (Wildman–Crippen MR) is 77.6 cm³/mol. The molecule has 0 fully saturated rings. The van der Waals surface area contributed by atoms with Crippen molar-refractivity contribution in [2.45, 2.75) is 12.8 Å². The van der Waals surface area contributed by atoms with Crippen LogP contribution in [-0.2, 0) is 6.42 Å². The zero-order chi connectivity index (χ0) is 14.8. The molecule has 5 heteroatoms. The third-order valence-electron chi connectivity index (χ3n) is 3.48. The molecule has 108 valence electrons. The van der Waals surface area contributed by atoms with Gasteiger partial charge in [-0.15, -0.1) is 0 Å². The van der Waals surface area contributed by atoms with E-state index in [9.17, 15) is 13.6 Å². The maximum atomic E-state index is 13.6. The highest BCUT2D eigenvalue weighted by atomic mass is 19.1. The van der Waals surface area contributed by atoms with Gasteiger partial charge in [-0.3, -0.25) is 4.79 Å². The molecule has 0 saturated carbocycles. The van der Waals surface area contributed by atoms with E-state index in [-0.39, 0.29) is 5.56 Å². The molecule has 1 aliphatic heterocycles. The highest BCUT2D eigenvalue weighted by Gasteiger charge is 2.14. The van der Waals surface area contributed by atoms with Crippen molar-refractivity contribution in [2.75, 3.05) is 17.2 Å². The topological polar surface area (TPSA) is 41.1 Å². The molecule has 2 N–H and O–H groups in total. The second-order valence-corrected chi connectivity index (χ2v) is 4.98. The molecule has 1 amide bonds. The number of anilines is 2. The minimum Gasteiger partial charge on any atom is -0.385 e. The lowest BCUT2D eigenvalue weighted by molar-refractivity contribution is 0.102. The Morgan fingerprint density at radius 2 is 2.00 bits per heavy atom. The van der Waals surface area contributed by atoms with E-state index < -0.39 is 17.5 Å². The maximum Gasteiger partial charge on any atom is 0.258 e. The summed E-state index contributed by atoms with van der Waals surface area (Å²) in [6.07, 6.45) is 2.09. The van der Waals surface area contributed by atoms with Crippen LogP contribution in [0.15, 0.2) is 36.4 Å². The minimum atomic E-state index is -0.872. The number of carbonyl (C=O) groups is 1. The predicted octanol–water partition coefficient (Wildman–Crippen LogP) is 3.58. The van der Waals surface area contributed by atoms with Crippen molar-refractivity contribution in [3.63, 3.8) is 0 Å². The number of nitrogens with one attached hydrogen (secondary N) is 2. The molecule has 1 heterocycles. The Bertz CT molecular complexity index is 701. The average Bonchev–Trinajstić information content (AvgIpc) is 2.47. The van der Waals surface area contributed by atoms with Gasteiger partial charge < -0.3 is 10.6 Å². The Balaban J connectivity index is 1.81. The van der Waals surface area contributed by atoms with E-state index in [1.165, 1.54) is 5.56 Å². The van der Waals surface area contributed by atoms with Crippen molar-refractivity contribution in [3.05, 3.63) is 59.2 Å². The number of benzene rings is 2. The van der Waals surface area contributed by atoms with Gasteiger partial charge >= 0.3 is 0 Å². The van der Waals surface area contributed by atoms with Gasteiger partial charge in [0.2, 0.25) is 0 Å². The van der Waals surface area contributed by atoms with Crippen molar-refractivity contribution in [1.29, 1.82) is 0 Å². The fraction of sp³-hybridized carbons (Fsp3) is 0.188. The summed E-state index contributed by atoms with van der Waals surface area (Å²) >= 11 is 0. The summed E-state index contributed by atoms with van der Waals surface area (Å²) < 4.78 is 26.4. The van der Waals surface area contributed by atoms with Gasteiger partial charge in [0.1, 0.15) is 11.6 Å². The molecule has 1 aliphatic rings. The zero-order valence-corrected chi connectivity index (χ0v) is 11.2. The van der Waals surface area contributed by atoms with Crippen molar-refractivity contribution in [1.82, 2.24) is 0 Å². The van der Waals surface area contributed by atoms with E-state index in [1.807, 2.05) is 12.1 Å². The molecule has 0 radical (unpaired) electrons. The fourth-order valence-electron chi connectivity index (χ4n) is 2.41. The molecular formula is C16H14F2N2O. The molecule has 0 saturated heterocycles. The Morgan fingerprint density at radius 1 is 1.14 bits per heavy atom. The first kappa shape index (κ1) is 13.5. The lowest BCUT2D eigenvalue weighted by Crippen LogP contribution is -2.16. The standard InChI is InChI=1S/C16H14F2N2O/c17-11-4-6-13(14(18)8-11)16(21)20-12-5-3-10-2-1-7-19-15(10)9-12/h3-6,8-9,19H,1-2,7H2,(H,20,21). The molecule has 0 bridgehead atoms. The fourth-order valence-corrected chi connectivity index (χ4v) is 2.41. The summed E-state index contributed by atoms with van der Waals surface area (Å²) in [6.45, 7) is 0.900. The molecule has 0 aliphatic carbocycles. The van der Waals surface area contributed by atoms with Gasteiger partial charge in [0.25, 0.3) is 5.91 Å². The van der Waals surface area contributed by atoms with Crippen molar-refractivity contribution >= 4 is 17.3 Å². The van der Waals surface area contributed by atoms with Gasteiger partial charge in [-0.1, -0.05) is 6.07 Å². The third kappa shape index (κ3) is 2.86. The van der Waals surface area contributed by atoms with E-state index in [0.717, 1.165) is 37.2 Å². The minimum absolute atomic E-state index is 0.179. The molecule has 3 nitrogen and oxygen atoms in total. The van der Waals surface area contributed by atoms with Crippen LogP contribution in [0.4, 0.5) is 20.2 Å². The smallest absolute Gasteiger partial charge is 0.258 e. The van der Waals surface area contributed by atoms with Crippen LogP contribution in [0.2, 0.25) is 0 Å². The van der Waals surface area contributed by atoms with Gasteiger partial charge in [0.15, 0.2) is 0 Å². The quantitative estimate of drug-likeness (QED) is 0.887. The number of rotatable bonds is 2. The highest BCUT2D eigenvalue weighted by Crippen LogP contribution is 2.25. The van der Waals surface area contributed by atoms with E-state index in [4.69, 9.17) is 0 Å². The largest absolute Gasteiger partial charge is 0.385 e. The maximum absolute atomic E-state index is 13.6. The normalized spacial score (nSPS) is 13.2. The van der Waals surface area contributed by atoms with Gasteiger partial charge in [-0.2, -0.15) is 0 Å². The summed E-state index contributed by atoms with van der Waals surface area (Å²) in [7, 11) is 0. The Labute approximate surface area is 121 Å². The summed E-state index contributed by atoms with van der Waals surface area (Å²) in [4.78, 5) is 12.0. The number of halogens is 2. The summed E-state index contributed by atoms with van der Waals surface area (Å²) in [5, 5.41) is 5.89. The summed E-state index contributed by atoms with van der Waals surface area (Å²) in [5.74, 6) is -2.17. The van der Waals surface area contributed by atoms with E-state index in [1.54, 1.807) is 6.07 Å². The van der Waals surface area contributed by atoms with Crippen molar-refractivity contribution < 1.29 is 13.6 Å². The monoisotopic (exact) mass is 288 g/mol. The highest BCUT2D eigenvalue weighted by molar-refractivity contribution is 6.04. The van der Waals surface area contributed by atoms with Gasteiger partial charge in [0, 0.05) is 24.0 Å². The van der Waals surface area contributed by atoms with Gasteiger partial charge in [-0.05, 0) is 42.7 Å². The third-order valence-corrected chi connectivity index (χ3v) is 3.48. The van der Waals surface area contributed by atoms with Crippen LogP contribution in [0.3, 0.4) is 0 Å². The Kier molecular flexibility index (Phi) is 3.56. The Morgan fingerprint density at radius 3 is 2.81 bits per heavy atom. The lowest BCUT2D eigenvalue weighted by Gasteiger charge is -2.19. The van der Waals surface area contributed by atoms with Crippen LogP contribution in [0.5, 0.6) is 0 Å². The molecule has 2 aromatic carbocycles. The number of hydrogen-bond donors (Lipinski definition) is 2. The molecule has 0 aromatic heterocycles. The van der Waals surface area contributed by atoms with Crippen LogP contribution >= 0.6 is 0 Å². The van der Waals surface area contributed by atoms with Crippen LogP contribution in [0.25, 0.3) is 0 Å². The second kappa shape index (κ2) is 5.52. The van der Waals surface area contributed by atoms with Crippen molar-refractivity contribution in [2.24, 2.45) is 0 Å². The van der Waals surface area contributed by atoms with Crippen LogP contribution in [0.1, 0.15) is 22.3 Å². The van der Waals surface area contributed by atoms with E-state index in [2.05, 4.69) is 10.6 Å². The lowest BCUT2D eigenvalue weighted by atomic mass is 10.0. The van der Waals surface area contributed by atoms with Crippen molar-refractivity contribution in [3.8, 4) is 0 Å². The Hall–Kier alpha value is -2.43. The summed E-state index contributed by atoms with van der Waals surface area (Å²) in [5.41, 5.74) is 2.59. The summed E-state index contributed by atoms with van der Waals surface area (Å²) in [6, 6.07) is 8.45. The SMILES string of the molecule is O=C(Nc1ccc2c(c1)NCCC2)c1ccc(F)cc1F. The first-order valence-corrected chi connectivity index (χ1v) is 6.77. The molecule has 0 spiro atoms. The van der Waals surface area contributed by atoms with Crippen LogP contribution < -0.4 is 10.6 Å². The number of hydrogen-bond acceptors (Lipinski definition) is 2. The van der Waals surface area contributed by atoms with Crippen LogP contribution in [-0.4, -0.2) is 12.5 Å². The molecule has 0 unspecified atom stereocenters. The van der Waals surface area contributed by atoms with Crippen LogP contribution in [0, 0.1) is 11.6 Å². The zero-order valence-electron chi connectivity index (χ0n) is 11.2. The first-order valence-electron chi connectivity index (χ1n) is 6.77. The number of carbonyl (C=O) groups excluding carboxylic acids is 1. The molecule has 21 heavy (non-hydrogen) atoms. The average molecular weight is 288 g/mol. The first-order chi connectivity index (χ1) is 10.1. The molecule has 0 atom stereocenters. The number of aryl methyl sites for hydroxylation is 1. The molecular weight excluding hydrogens is 274 g/mol. The van der Waals surface area contributed by atoms with E-state index in [0.29, 0.717) is 11.8 Å².